The van der Waals surface area contributed by atoms with Crippen molar-refractivity contribution in [3.05, 3.63) is 12.2 Å². The molecular formula is C11H18. The van der Waals surface area contributed by atoms with Gasteiger partial charge < -0.3 is 0 Å². The highest BCUT2D eigenvalue weighted by molar-refractivity contribution is 5.01. The topological polar surface area (TPSA) is 0 Å². The number of allylic oxidation sites excluding steroid dienone is 2. The Morgan fingerprint density at radius 2 is 1.91 bits per heavy atom. The fraction of sp³-hybridized carbons (Fsp3) is 0.818. The molecule has 62 valence electrons. The molecule has 0 saturated heterocycles. The maximum Gasteiger partial charge on any atom is -0.0205 e. The summed E-state index contributed by atoms with van der Waals surface area (Å²) in [6.45, 7) is 2.35. The van der Waals surface area contributed by atoms with Crippen molar-refractivity contribution in [1.29, 1.82) is 0 Å². The van der Waals surface area contributed by atoms with Gasteiger partial charge in [0, 0.05) is 0 Å². The molecule has 0 bridgehead atoms. The molecule has 2 aliphatic carbocycles. The van der Waals surface area contributed by atoms with E-state index in [1.165, 1.54) is 32.1 Å². The molecule has 1 saturated carbocycles. The van der Waals surface area contributed by atoms with Gasteiger partial charge in [0.05, 0.1) is 0 Å². The van der Waals surface area contributed by atoms with E-state index in [4.69, 9.17) is 0 Å². The van der Waals surface area contributed by atoms with Gasteiger partial charge in [-0.1, -0.05) is 31.9 Å². The SMILES string of the molecule is CC1C=CC2CCCCC2C1. The van der Waals surface area contributed by atoms with Gasteiger partial charge in [-0.15, -0.1) is 0 Å². The first-order chi connectivity index (χ1) is 5.36. The van der Waals surface area contributed by atoms with E-state index in [1.54, 1.807) is 0 Å². The van der Waals surface area contributed by atoms with E-state index in [2.05, 4.69) is 19.1 Å². The summed E-state index contributed by atoms with van der Waals surface area (Å²) in [5.74, 6) is 2.86. The third kappa shape index (κ3) is 1.50. The zero-order valence-electron chi connectivity index (χ0n) is 7.42. The van der Waals surface area contributed by atoms with Crippen LogP contribution < -0.4 is 0 Å². The predicted octanol–water partition coefficient (Wildman–Crippen LogP) is 3.39. The predicted molar refractivity (Wildman–Crippen MR) is 48.4 cm³/mol. The number of fused-ring (bicyclic) bond motifs is 1. The Morgan fingerprint density at radius 1 is 1.09 bits per heavy atom. The molecule has 0 aliphatic heterocycles. The molecule has 11 heavy (non-hydrogen) atoms. The maximum atomic E-state index is 2.48. The Labute approximate surface area is 69.7 Å². The molecule has 3 unspecified atom stereocenters. The third-order valence-electron chi connectivity index (χ3n) is 3.33. The number of hydrogen-bond donors (Lipinski definition) is 0. The van der Waals surface area contributed by atoms with E-state index >= 15 is 0 Å². The zero-order valence-corrected chi connectivity index (χ0v) is 7.42. The smallest absolute Gasteiger partial charge is 0.0205 e. The second-order valence-electron chi connectivity index (χ2n) is 4.31. The molecule has 0 aromatic carbocycles. The maximum absolute atomic E-state index is 2.48. The van der Waals surface area contributed by atoms with Gasteiger partial charge in [0.25, 0.3) is 0 Å². The zero-order chi connectivity index (χ0) is 7.68. The van der Waals surface area contributed by atoms with E-state index < -0.39 is 0 Å². The van der Waals surface area contributed by atoms with Crippen molar-refractivity contribution in [2.45, 2.75) is 39.0 Å². The number of hydrogen-bond acceptors (Lipinski definition) is 0. The second kappa shape index (κ2) is 3.00. The molecule has 2 aliphatic rings. The Balaban J connectivity index is 2.05. The fourth-order valence-electron chi connectivity index (χ4n) is 2.67. The van der Waals surface area contributed by atoms with Gasteiger partial charge in [-0.2, -0.15) is 0 Å². The molecule has 0 heterocycles. The normalized spacial score (nSPS) is 43.5. The van der Waals surface area contributed by atoms with E-state index in [0.29, 0.717) is 0 Å². The first-order valence-electron chi connectivity index (χ1n) is 5.04. The van der Waals surface area contributed by atoms with Crippen LogP contribution in [-0.4, -0.2) is 0 Å². The molecule has 0 aromatic rings. The van der Waals surface area contributed by atoms with Gasteiger partial charge in [-0.3, -0.25) is 0 Å². The summed E-state index contributed by atoms with van der Waals surface area (Å²) in [5.41, 5.74) is 0. The number of rotatable bonds is 0. The molecular weight excluding hydrogens is 132 g/mol. The highest BCUT2D eigenvalue weighted by Gasteiger charge is 2.26. The van der Waals surface area contributed by atoms with Crippen LogP contribution in [0.25, 0.3) is 0 Å². The van der Waals surface area contributed by atoms with Crippen LogP contribution in [-0.2, 0) is 0 Å². The van der Waals surface area contributed by atoms with Gasteiger partial charge in [0.2, 0.25) is 0 Å². The average Bonchev–Trinajstić information content (AvgIpc) is 2.04. The molecule has 2 rings (SSSR count). The van der Waals surface area contributed by atoms with E-state index in [0.717, 1.165) is 17.8 Å². The van der Waals surface area contributed by atoms with E-state index in [1.807, 2.05) is 0 Å². The minimum absolute atomic E-state index is 0.856. The standard InChI is InChI=1S/C11H18/c1-9-6-7-10-4-2-3-5-11(10)8-9/h6-7,9-11H,2-5,8H2,1H3. The lowest BCUT2D eigenvalue weighted by Crippen LogP contribution is -2.22. The largest absolute Gasteiger partial charge is 0.0854 e. The third-order valence-corrected chi connectivity index (χ3v) is 3.33. The minimum Gasteiger partial charge on any atom is -0.0854 e. The summed E-state index contributed by atoms with van der Waals surface area (Å²) in [6.07, 6.45) is 12.3. The molecule has 0 spiro atoms. The summed E-state index contributed by atoms with van der Waals surface area (Å²) in [5, 5.41) is 0. The molecule has 0 radical (unpaired) electrons. The van der Waals surface area contributed by atoms with Crippen molar-refractivity contribution in [1.82, 2.24) is 0 Å². The summed E-state index contributed by atoms with van der Waals surface area (Å²) < 4.78 is 0. The van der Waals surface area contributed by atoms with Crippen molar-refractivity contribution in [2.75, 3.05) is 0 Å². The molecule has 3 atom stereocenters. The van der Waals surface area contributed by atoms with Crippen LogP contribution in [0.1, 0.15) is 39.0 Å². The van der Waals surface area contributed by atoms with Crippen molar-refractivity contribution in [2.24, 2.45) is 17.8 Å². The van der Waals surface area contributed by atoms with Crippen LogP contribution in [0.2, 0.25) is 0 Å². The first kappa shape index (κ1) is 7.39. The van der Waals surface area contributed by atoms with Crippen LogP contribution in [0.3, 0.4) is 0 Å². The molecule has 0 N–H and O–H groups in total. The van der Waals surface area contributed by atoms with Gasteiger partial charge in [0.1, 0.15) is 0 Å². The molecule has 0 heteroatoms. The average molecular weight is 150 g/mol. The highest BCUT2D eigenvalue weighted by atomic mass is 14.3. The van der Waals surface area contributed by atoms with Crippen LogP contribution in [0, 0.1) is 17.8 Å². The Hall–Kier alpha value is -0.260. The highest BCUT2D eigenvalue weighted by Crippen LogP contribution is 2.38. The monoisotopic (exact) mass is 150 g/mol. The summed E-state index contributed by atoms with van der Waals surface area (Å²) >= 11 is 0. The van der Waals surface area contributed by atoms with Crippen molar-refractivity contribution in [3.63, 3.8) is 0 Å². The molecule has 1 fully saturated rings. The lowest BCUT2D eigenvalue weighted by Gasteiger charge is -2.34. The van der Waals surface area contributed by atoms with Crippen molar-refractivity contribution < 1.29 is 0 Å². The first-order valence-corrected chi connectivity index (χ1v) is 5.04. The van der Waals surface area contributed by atoms with Crippen LogP contribution in [0.15, 0.2) is 12.2 Å². The Morgan fingerprint density at radius 3 is 2.82 bits per heavy atom. The van der Waals surface area contributed by atoms with Crippen LogP contribution >= 0.6 is 0 Å². The Bertz CT molecular complexity index is 157. The van der Waals surface area contributed by atoms with Crippen molar-refractivity contribution >= 4 is 0 Å². The van der Waals surface area contributed by atoms with Gasteiger partial charge >= 0.3 is 0 Å². The second-order valence-corrected chi connectivity index (χ2v) is 4.31. The molecule has 0 aromatic heterocycles. The summed E-state index contributed by atoms with van der Waals surface area (Å²) in [6, 6.07) is 0. The summed E-state index contributed by atoms with van der Waals surface area (Å²) in [4.78, 5) is 0. The lowest BCUT2D eigenvalue weighted by molar-refractivity contribution is 0.236. The van der Waals surface area contributed by atoms with Gasteiger partial charge in [-0.05, 0) is 37.0 Å². The van der Waals surface area contributed by atoms with Gasteiger partial charge in [0.15, 0.2) is 0 Å². The van der Waals surface area contributed by atoms with Crippen LogP contribution in [0.5, 0.6) is 0 Å². The fourth-order valence-corrected chi connectivity index (χ4v) is 2.67. The van der Waals surface area contributed by atoms with Gasteiger partial charge in [-0.25, -0.2) is 0 Å². The summed E-state index contributed by atoms with van der Waals surface area (Å²) in [7, 11) is 0. The van der Waals surface area contributed by atoms with E-state index in [9.17, 15) is 0 Å². The van der Waals surface area contributed by atoms with E-state index in [-0.39, 0.29) is 0 Å². The quantitative estimate of drug-likeness (QED) is 0.464. The van der Waals surface area contributed by atoms with Crippen molar-refractivity contribution in [3.8, 4) is 0 Å². The lowest BCUT2D eigenvalue weighted by atomic mass is 9.72. The minimum atomic E-state index is 0.856. The molecule has 0 amide bonds. The van der Waals surface area contributed by atoms with Crippen LogP contribution in [0.4, 0.5) is 0 Å². The molecule has 0 nitrogen and oxygen atoms in total. The Kier molecular flexibility index (Phi) is 2.02.